The second-order valence-corrected chi connectivity index (χ2v) is 6.90. The molecule has 2 aliphatic rings. The fourth-order valence-corrected chi connectivity index (χ4v) is 3.35. The number of carbonyl (C=O) groups excluding carboxylic acids is 3. The zero-order valence-corrected chi connectivity index (χ0v) is 16.1. The van der Waals surface area contributed by atoms with Gasteiger partial charge in [-0.1, -0.05) is 0 Å². The minimum Gasteiger partial charge on any atom is -0.453 e. The number of alkyl carbamates (subject to hydrolysis) is 1. The van der Waals surface area contributed by atoms with Gasteiger partial charge in [0.05, 0.1) is 43.7 Å². The van der Waals surface area contributed by atoms with Gasteiger partial charge in [-0.25, -0.2) is 14.0 Å². The zero-order chi connectivity index (χ0) is 21.1. The maximum absolute atomic E-state index is 14.7. The molecule has 3 atom stereocenters. The Morgan fingerprint density at radius 3 is 2.76 bits per heavy atom. The Hall–Kier alpha value is -3.08. The van der Waals surface area contributed by atoms with E-state index in [0.717, 1.165) is 0 Å². The summed E-state index contributed by atoms with van der Waals surface area (Å²) in [6.07, 6.45) is -2.69. The molecule has 0 unspecified atom stereocenters. The number of hydrogen-bond donors (Lipinski definition) is 3. The van der Waals surface area contributed by atoms with Gasteiger partial charge in [-0.15, -0.1) is 0 Å². The van der Waals surface area contributed by atoms with Gasteiger partial charge in [0.25, 0.3) is 0 Å². The summed E-state index contributed by atoms with van der Waals surface area (Å²) in [6, 6.07) is 3.70. The molecule has 1 aromatic rings. The van der Waals surface area contributed by atoms with Crippen LogP contribution < -0.4 is 20.4 Å². The van der Waals surface area contributed by atoms with Crippen molar-refractivity contribution in [2.45, 2.75) is 25.2 Å². The van der Waals surface area contributed by atoms with Crippen molar-refractivity contribution in [3.63, 3.8) is 0 Å². The van der Waals surface area contributed by atoms with E-state index in [0.29, 0.717) is 5.69 Å². The van der Waals surface area contributed by atoms with Gasteiger partial charge in [-0.2, -0.15) is 0 Å². The number of rotatable bonds is 5. The van der Waals surface area contributed by atoms with Crippen molar-refractivity contribution in [2.24, 2.45) is 0 Å². The molecule has 29 heavy (non-hydrogen) atoms. The smallest absolute Gasteiger partial charge is 0.414 e. The topological polar surface area (TPSA) is 120 Å². The molecule has 3 N–H and O–H groups in total. The average molecular weight is 410 g/mol. The minimum absolute atomic E-state index is 0.134. The lowest BCUT2D eigenvalue weighted by molar-refractivity contribution is -0.119. The highest BCUT2D eigenvalue weighted by molar-refractivity contribution is 5.90. The number of amides is 3. The third kappa shape index (κ3) is 4.67. The fourth-order valence-electron chi connectivity index (χ4n) is 3.35. The second kappa shape index (κ2) is 8.52. The summed E-state index contributed by atoms with van der Waals surface area (Å²) in [5.74, 6) is -0.811. The summed E-state index contributed by atoms with van der Waals surface area (Å²) in [6.45, 7) is 2.07. The number of hydrogen-bond acceptors (Lipinski definition) is 7. The van der Waals surface area contributed by atoms with Crippen LogP contribution in [0.15, 0.2) is 18.2 Å². The van der Waals surface area contributed by atoms with Crippen LogP contribution in [0.5, 0.6) is 0 Å². The van der Waals surface area contributed by atoms with Crippen LogP contribution in [0.2, 0.25) is 0 Å². The number of nitrogens with one attached hydrogen (secondary N) is 2. The summed E-state index contributed by atoms with van der Waals surface area (Å²) < 4.78 is 24.4. The first kappa shape index (κ1) is 20.6. The van der Waals surface area contributed by atoms with E-state index < -0.39 is 36.3 Å². The predicted molar refractivity (Wildman–Crippen MR) is 100 cm³/mol. The van der Waals surface area contributed by atoms with Crippen LogP contribution in [0.4, 0.5) is 25.4 Å². The number of benzene rings is 1. The molecule has 2 fully saturated rings. The van der Waals surface area contributed by atoms with Crippen molar-refractivity contribution in [3.05, 3.63) is 24.0 Å². The number of β-amino-alcohol motifs (C(OH)–C–C–N with tert-alkyl or cyclic N) is 1. The molecule has 0 aliphatic carbocycles. The van der Waals surface area contributed by atoms with Crippen molar-refractivity contribution < 1.29 is 33.4 Å². The third-order valence-electron chi connectivity index (χ3n) is 4.81. The van der Waals surface area contributed by atoms with Gasteiger partial charge in [-0.3, -0.25) is 9.69 Å². The van der Waals surface area contributed by atoms with Crippen molar-refractivity contribution in [1.82, 2.24) is 10.6 Å². The number of nitrogens with zero attached hydrogens (tertiary/aromatic N) is 2. The van der Waals surface area contributed by atoms with Crippen LogP contribution >= 0.6 is 0 Å². The quantitative estimate of drug-likeness (QED) is 0.634. The van der Waals surface area contributed by atoms with E-state index in [2.05, 4.69) is 15.4 Å². The Morgan fingerprint density at radius 1 is 1.34 bits per heavy atom. The lowest BCUT2D eigenvalue weighted by Crippen LogP contribution is -2.42. The number of methoxy groups -OCH3 is 1. The van der Waals surface area contributed by atoms with Crippen LogP contribution in [0, 0.1) is 5.82 Å². The lowest BCUT2D eigenvalue weighted by Gasteiger charge is -2.21. The molecule has 1 aromatic carbocycles. The highest BCUT2D eigenvalue weighted by Gasteiger charge is 2.35. The Kier molecular flexibility index (Phi) is 6.06. The third-order valence-corrected chi connectivity index (χ3v) is 4.81. The van der Waals surface area contributed by atoms with Gasteiger partial charge in [-0.05, 0) is 18.2 Å². The Labute approximate surface area is 166 Å². The first-order valence-corrected chi connectivity index (χ1v) is 9.08. The Balaban J connectivity index is 1.67. The van der Waals surface area contributed by atoms with Gasteiger partial charge in [0, 0.05) is 20.0 Å². The maximum atomic E-state index is 14.7. The van der Waals surface area contributed by atoms with Crippen LogP contribution in [0.25, 0.3) is 0 Å². The molecule has 11 heteroatoms. The highest BCUT2D eigenvalue weighted by Crippen LogP contribution is 2.29. The molecule has 0 radical (unpaired) electrons. The van der Waals surface area contributed by atoms with Gasteiger partial charge in [0.1, 0.15) is 11.9 Å². The van der Waals surface area contributed by atoms with E-state index >= 15 is 0 Å². The molecule has 3 rings (SSSR count). The normalized spacial score (nSPS) is 23.7. The molecular weight excluding hydrogens is 387 g/mol. The van der Waals surface area contributed by atoms with Crippen LogP contribution in [-0.4, -0.2) is 74.7 Å². The van der Waals surface area contributed by atoms with Gasteiger partial charge >= 0.3 is 12.2 Å². The molecule has 2 heterocycles. The van der Waals surface area contributed by atoms with Crippen molar-refractivity contribution in [3.8, 4) is 0 Å². The number of cyclic esters (lactones) is 1. The lowest BCUT2D eigenvalue weighted by atomic mass is 10.2. The van der Waals surface area contributed by atoms with Crippen LogP contribution in [0.1, 0.15) is 6.92 Å². The monoisotopic (exact) mass is 410 g/mol. The number of aliphatic hydroxyl groups is 1. The van der Waals surface area contributed by atoms with Gasteiger partial charge in [0.15, 0.2) is 0 Å². The van der Waals surface area contributed by atoms with Crippen molar-refractivity contribution in [1.29, 1.82) is 0 Å². The molecule has 3 amide bonds. The summed E-state index contributed by atoms with van der Waals surface area (Å²) in [5.41, 5.74) is 0.565. The predicted octanol–water partition coefficient (Wildman–Crippen LogP) is 0.193. The molecule has 158 valence electrons. The van der Waals surface area contributed by atoms with Crippen molar-refractivity contribution >= 4 is 29.5 Å². The van der Waals surface area contributed by atoms with Gasteiger partial charge < -0.3 is 30.1 Å². The summed E-state index contributed by atoms with van der Waals surface area (Å²) in [7, 11) is 1.22. The fraction of sp³-hybridized carbons (Fsp3) is 0.500. The molecule has 0 bridgehead atoms. The van der Waals surface area contributed by atoms with Gasteiger partial charge in [0.2, 0.25) is 5.91 Å². The minimum atomic E-state index is -0.878. The number of anilines is 2. The SMILES string of the molecule is COC(=O)N[C@@H]1CN(c2ccc(N3C[C@H](CNC(C)=O)OC3=O)cc2F)C[C@H]1O. The van der Waals surface area contributed by atoms with E-state index in [-0.39, 0.29) is 37.8 Å². The Morgan fingerprint density at radius 2 is 2.10 bits per heavy atom. The molecule has 0 spiro atoms. The van der Waals surface area contributed by atoms with Crippen LogP contribution in [0.3, 0.4) is 0 Å². The molecule has 0 aromatic heterocycles. The number of ether oxygens (including phenoxy) is 2. The molecular formula is C18H23FN4O6. The summed E-state index contributed by atoms with van der Waals surface area (Å²) in [5, 5.41) is 15.2. The number of aliphatic hydroxyl groups excluding tert-OH is 1. The summed E-state index contributed by atoms with van der Waals surface area (Å²) >= 11 is 0. The number of halogens is 1. The molecule has 10 nitrogen and oxygen atoms in total. The maximum Gasteiger partial charge on any atom is 0.414 e. The zero-order valence-electron chi connectivity index (χ0n) is 16.1. The van der Waals surface area contributed by atoms with E-state index in [1.165, 1.54) is 31.1 Å². The standard InChI is InChI=1S/C18H23FN4O6/c1-10(24)20-6-12-7-23(18(27)29-12)11-3-4-15(13(19)5-11)22-8-14(16(25)9-22)21-17(26)28-2/h3-5,12,14,16,25H,6-9H2,1-2H3,(H,20,24)(H,21,26)/t12-,14+,16+/m0/s1. The largest absolute Gasteiger partial charge is 0.453 e. The van der Waals surface area contributed by atoms with E-state index in [4.69, 9.17) is 4.74 Å². The van der Waals surface area contributed by atoms with Crippen molar-refractivity contribution in [2.75, 3.05) is 43.1 Å². The van der Waals surface area contributed by atoms with E-state index in [1.807, 2.05) is 0 Å². The first-order valence-electron chi connectivity index (χ1n) is 9.08. The summed E-state index contributed by atoms with van der Waals surface area (Å²) in [4.78, 5) is 37.3. The first-order chi connectivity index (χ1) is 13.8. The average Bonchev–Trinajstić information content (AvgIpc) is 3.22. The van der Waals surface area contributed by atoms with Crippen LogP contribution in [-0.2, 0) is 14.3 Å². The van der Waals surface area contributed by atoms with E-state index in [1.54, 1.807) is 11.0 Å². The molecule has 0 saturated carbocycles. The van der Waals surface area contributed by atoms with E-state index in [9.17, 15) is 23.9 Å². The Bertz CT molecular complexity index is 807. The second-order valence-electron chi connectivity index (χ2n) is 6.90. The number of carbonyl (C=O) groups is 3. The highest BCUT2D eigenvalue weighted by atomic mass is 19.1. The molecule has 2 saturated heterocycles. The molecule has 2 aliphatic heterocycles.